The van der Waals surface area contributed by atoms with Gasteiger partial charge in [0, 0.05) is 11.1 Å². The van der Waals surface area contributed by atoms with Crippen LogP contribution < -0.4 is 4.72 Å². The highest BCUT2D eigenvalue weighted by Crippen LogP contribution is 2.21. The van der Waals surface area contributed by atoms with Crippen LogP contribution in [0, 0.1) is 11.6 Å². The largest absolute Gasteiger partial charge is 0.402 e. The fraction of sp³-hybridized carbons (Fsp3) is 0.200. The molecule has 152 valence electrons. The standard InChI is InChI=1S/C20H18F2N2O4S/c1-20(2,3)24-29(26,27)14-7-5-13(6-8-14)18-23-17(19(25)28-18)11-12-4-9-15(21)16(22)10-12/h4-11,24H,1-3H3/b17-11-. The van der Waals surface area contributed by atoms with E-state index in [-0.39, 0.29) is 22.1 Å². The van der Waals surface area contributed by atoms with E-state index in [1.165, 1.54) is 36.4 Å². The Morgan fingerprint density at radius 1 is 1.03 bits per heavy atom. The summed E-state index contributed by atoms with van der Waals surface area (Å²) in [5.41, 5.74) is -0.0864. The molecule has 0 saturated heterocycles. The minimum absolute atomic E-state index is 0.0171. The van der Waals surface area contributed by atoms with E-state index in [4.69, 9.17) is 4.74 Å². The summed E-state index contributed by atoms with van der Waals surface area (Å²) >= 11 is 0. The zero-order chi connectivity index (χ0) is 21.4. The first-order valence-electron chi connectivity index (χ1n) is 8.57. The van der Waals surface area contributed by atoms with Crippen molar-refractivity contribution >= 4 is 28.0 Å². The van der Waals surface area contributed by atoms with E-state index in [1.54, 1.807) is 20.8 Å². The van der Waals surface area contributed by atoms with Gasteiger partial charge >= 0.3 is 5.97 Å². The fourth-order valence-electron chi connectivity index (χ4n) is 2.53. The number of halogens is 2. The molecule has 1 heterocycles. The van der Waals surface area contributed by atoms with Crippen molar-refractivity contribution in [2.24, 2.45) is 4.99 Å². The quantitative estimate of drug-likeness (QED) is 0.607. The molecule has 9 heteroatoms. The smallest absolute Gasteiger partial charge is 0.363 e. The van der Waals surface area contributed by atoms with Gasteiger partial charge in [-0.05, 0) is 68.8 Å². The molecule has 1 N–H and O–H groups in total. The average Bonchev–Trinajstić information content (AvgIpc) is 2.97. The van der Waals surface area contributed by atoms with Crippen molar-refractivity contribution in [2.75, 3.05) is 0 Å². The van der Waals surface area contributed by atoms with Gasteiger partial charge in [-0.25, -0.2) is 31.7 Å². The number of carbonyl (C=O) groups excluding carboxylic acids is 1. The Hall–Kier alpha value is -2.91. The molecular weight excluding hydrogens is 402 g/mol. The molecule has 2 aromatic rings. The number of cyclic esters (lactones) is 1. The first-order valence-corrected chi connectivity index (χ1v) is 10.0. The molecule has 0 bridgehead atoms. The summed E-state index contributed by atoms with van der Waals surface area (Å²) in [6, 6.07) is 8.85. The molecule has 0 aliphatic carbocycles. The van der Waals surface area contributed by atoms with Gasteiger partial charge in [0.05, 0.1) is 4.90 Å². The van der Waals surface area contributed by atoms with E-state index in [0.717, 1.165) is 12.1 Å². The lowest BCUT2D eigenvalue weighted by Gasteiger charge is -2.20. The zero-order valence-corrected chi connectivity index (χ0v) is 16.7. The van der Waals surface area contributed by atoms with Gasteiger partial charge in [0.15, 0.2) is 17.3 Å². The Balaban J connectivity index is 1.86. The third-order valence-electron chi connectivity index (χ3n) is 3.72. The third kappa shape index (κ3) is 4.93. The molecule has 0 unspecified atom stereocenters. The average molecular weight is 420 g/mol. The number of hydrogen-bond donors (Lipinski definition) is 1. The van der Waals surface area contributed by atoms with Gasteiger partial charge in [0.25, 0.3) is 0 Å². The molecule has 0 aromatic heterocycles. The topological polar surface area (TPSA) is 84.8 Å². The van der Waals surface area contributed by atoms with Crippen molar-refractivity contribution in [3.63, 3.8) is 0 Å². The molecule has 0 amide bonds. The minimum Gasteiger partial charge on any atom is -0.402 e. The number of nitrogens with one attached hydrogen (secondary N) is 1. The molecule has 6 nitrogen and oxygen atoms in total. The molecule has 1 aliphatic rings. The van der Waals surface area contributed by atoms with Gasteiger partial charge < -0.3 is 4.74 Å². The second-order valence-corrected chi connectivity index (χ2v) is 9.07. The number of sulfonamides is 1. The van der Waals surface area contributed by atoms with Gasteiger partial charge in [0.1, 0.15) is 0 Å². The lowest BCUT2D eigenvalue weighted by Crippen LogP contribution is -2.40. The number of ether oxygens (including phenoxy) is 1. The SMILES string of the molecule is CC(C)(C)NS(=O)(=O)c1ccc(C2=N/C(=C\c3ccc(F)c(F)c3)C(=O)O2)cc1. The summed E-state index contributed by atoms with van der Waals surface area (Å²) in [6.07, 6.45) is 1.27. The van der Waals surface area contributed by atoms with Gasteiger partial charge in [-0.15, -0.1) is 0 Å². The van der Waals surface area contributed by atoms with Crippen LogP contribution in [-0.4, -0.2) is 25.8 Å². The van der Waals surface area contributed by atoms with Gasteiger partial charge in [-0.3, -0.25) is 0 Å². The van der Waals surface area contributed by atoms with Crippen molar-refractivity contribution in [2.45, 2.75) is 31.2 Å². The first kappa shape index (κ1) is 20.8. The van der Waals surface area contributed by atoms with Crippen molar-refractivity contribution in [3.05, 3.63) is 70.9 Å². The number of rotatable bonds is 4. The molecule has 1 aliphatic heterocycles. The summed E-state index contributed by atoms with van der Waals surface area (Å²) < 4.78 is 58.7. The number of hydrogen-bond acceptors (Lipinski definition) is 5. The third-order valence-corrected chi connectivity index (χ3v) is 5.49. The molecule has 3 rings (SSSR count). The second kappa shape index (κ2) is 7.49. The number of esters is 1. The molecule has 0 saturated carbocycles. The minimum atomic E-state index is -3.70. The Labute approximate surface area is 167 Å². The summed E-state index contributed by atoms with van der Waals surface area (Å²) in [7, 11) is -3.70. The molecule has 0 atom stereocenters. The van der Waals surface area contributed by atoms with Gasteiger partial charge in [0.2, 0.25) is 15.9 Å². The number of nitrogens with zero attached hydrogens (tertiary/aromatic N) is 1. The molecule has 2 aromatic carbocycles. The van der Waals surface area contributed by atoms with Crippen LogP contribution >= 0.6 is 0 Å². The van der Waals surface area contributed by atoms with E-state index in [2.05, 4.69) is 9.71 Å². The van der Waals surface area contributed by atoms with Crippen LogP contribution in [0.2, 0.25) is 0 Å². The molecular formula is C20H18F2N2O4S. The molecule has 0 radical (unpaired) electrons. The van der Waals surface area contributed by atoms with E-state index < -0.39 is 33.2 Å². The first-order chi connectivity index (χ1) is 13.4. The van der Waals surface area contributed by atoms with E-state index in [0.29, 0.717) is 5.56 Å². The number of aliphatic imine (C=N–C) groups is 1. The normalized spacial score (nSPS) is 16.1. The lowest BCUT2D eigenvalue weighted by molar-refractivity contribution is -0.129. The van der Waals surface area contributed by atoms with Crippen LogP contribution in [0.1, 0.15) is 31.9 Å². The van der Waals surface area contributed by atoms with E-state index in [9.17, 15) is 22.0 Å². The Bertz CT molecular complexity index is 1130. The maximum Gasteiger partial charge on any atom is 0.363 e. The van der Waals surface area contributed by atoms with Gasteiger partial charge in [-0.2, -0.15) is 0 Å². The fourth-order valence-corrected chi connectivity index (χ4v) is 3.95. The monoisotopic (exact) mass is 420 g/mol. The maximum absolute atomic E-state index is 13.3. The maximum atomic E-state index is 13.3. The lowest BCUT2D eigenvalue weighted by atomic mass is 10.1. The summed E-state index contributed by atoms with van der Waals surface area (Å²) in [4.78, 5) is 16.1. The van der Waals surface area contributed by atoms with Crippen molar-refractivity contribution in [1.29, 1.82) is 0 Å². The summed E-state index contributed by atoms with van der Waals surface area (Å²) in [6.45, 7) is 5.19. The highest BCUT2D eigenvalue weighted by Gasteiger charge is 2.26. The zero-order valence-electron chi connectivity index (χ0n) is 15.9. The molecule has 0 fully saturated rings. The highest BCUT2D eigenvalue weighted by molar-refractivity contribution is 7.89. The summed E-state index contributed by atoms with van der Waals surface area (Å²) in [5, 5.41) is 0. The van der Waals surface area contributed by atoms with Crippen molar-refractivity contribution in [1.82, 2.24) is 4.72 Å². The van der Waals surface area contributed by atoms with Crippen LogP contribution in [-0.2, 0) is 19.6 Å². The van der Waals surface area contributed by atoms with Crippen LogP contribution in [0.25, 0.3) is 6.08 Å². The predicted molar refractivity (Wildman–Crippen MR) is 103 cm³/mol. The molecule has 29 heavy (non-hydrogen) atoms. The Kier molecular flexibility index (Phi) is 5.38. The summed E-state index contributed by atoms with van der Waals surface area (Å²) in [5.74, 6) is -2.82. The second-order valence-electron chi connectivity index (χ2n) is 7.39. The number of carbonyl (C=O) groups is 1. The predicted octanol–water partition coefficient (Wildman–Crippen LogP) is 3.39. The molecule has 0 spiro atoms. The van der Waals surface area contributed by atoms with E-state index >= 15 is 0 Å². The van der Waals surface area contributed by atoms with Crippen molar-refractivity contribution < 1.29 is 26.7 Å². The van der Waals surface area contributed by atoms with Crippen LogP contribution in [0.3, 0.4) is 0 Å². The van der Waals surface area contributed by atoms with Crippen LogP contribution in [0.15, 0.2) is 58.0 Å². The van der Waals surface area contributed by atoms with Gasteiger partial charge in [-0.1, -0.05) is 6.07 Å². The van der Waals surface area contributed by atoms with Crippen molar-refractivity contribution in [3.8, 4) is 0 Å². The van der Waals surface area contributed by atoms with Crippen LogP contribution in [0.5, 0.6) is 0 Å². The number of benzene rings is 2. The van der Waals surface area contributed by atoms with Crippen LogP contribution in [0.4, 0.5) is 8.78 Å². The Morgan fingerprint density at radius 2 is 1.69 bits per heavy atom. The van der Waals surface area contributed by atoms with E-state index in [1.807, 2.05) is 0 Å². The highest BCUT2D eigenvalue weighted by atomic mass is 32.2. The Morgan fingerprint density at radius 3 is 2.28 bits per heavy atom.